The monoisotopic (exact) mass is 236 g/mol. The topological polar surface area (TPSA) is 74.6 Å². The molecule has 2 N–H and O–H groups in total. The van der Waals surface area contributed by atoms with Gasteiger partial charge in [0.15, 0.2) is 0 Å². The molecule has 0 saturated heterocycles. The average Bonchev–Trinajstić information content (AvgIpc) is 1.63. The Labute approximate surface area is 98.5 Å². The summed E-state index contributed by atoms with van der Waals surface area (Å²) < 4.78 is 0. The van der Waals surface area contributed by atoms with Crippen LogP contribution in [-0.4, -0.2) is 22.2 Å². The molecule has 0 bridgehead atoms. The van der Waals surface area contributed by atoms with Crippen molar-refractivity contribution >= 4 is 28.9 Å². The van der Waals surface area contributed by atoms with E-state index in [0.29, 0.717) is 0 Å². The Morgan fingerprint density at radius 1 is 1.09 bits per heavy atom. The van der Waals surface area contributed by atoms with Crippen LogP contribution in [0.1, 0.15) is 20.7 Å². The number of hydrogen-bond acceptors (Lipinski definition) is 2. The summed E-state index contributed by atoms with van der Waals surface area (Å²) in [6, 6.07) is 0. The first kappa shape index (κ1) is 17.5. The second kappa shape index (κ2) is 10.4. The zero-order chi connectivity index (χ0) is 7.28. The van der Waals surface area contributed by atoms with Crippen LogP contribution in [0.25, 0.3) is 0 Å². The molecule has 0 atom stereocenters. The number of hydrogen-bond donors (Lipinski definition) is 2. The standard InChI is InChI=1S/C5H8O4.BrH.Na.H/c6-4(7)2-1-3-5(8)9;;;/h1-3H2,(H,6,7)(H,8,9);1H;;/q;;+1;-1. The fraction of sp³-hybridized carbons (Fsp3) is 0.600. The average molecular weight is 237 g/mol. The molecule has 0 amide bonds. The zero-order valence-corrected chi connectivity index (χ0v) is 9.95. The molecule has 6 heteroatoms. The number of carboxylic acid groups (broad SMARTS) is 2. The molecule has 0 unspecified atom stereocenters. The summed E-state index contributed by atoms with van der Waals surface area (Å²) in [7, 11) is 0. The van der Waals surface area contributed by atoms with Crippen molar-refractivity contribution in [3.05, 3.63) is 0 Å². The molecule has 11 heavy (non-hydrogen) atoms. The third kappa shape index (κ3) is 17.9. The summed E-state index contributed by atoms with van der Waals surface area (Å²) in [5, 5.41) is 16.1. The second-order valence-corrected chi connectivity index (χ2v) is 1.64. The fourth-order valence-corrected chi connectivity index (χ4v) is 0.391. The van der Waals surface area contributed by atoms with Gasteiger partial charge >= 0.3 is 41.5 Å². The van der Waals surface area contributed by atoms with E-state index < -0.39 is 11.9 Å². The van der Waals surface area contributed by atoms with Crippen LogP contribution in [0.2, 0.25) is 0 Å². The van der Waals surface area contributed by atoms with Gasteiger partial charge in [0.1, 0.15) is 0 Å². The van der Waals surface area contributed by atoms with E-state index in [1.807, 2.05) is 0 Å². The van der Waals surface area contributed by atoms with E-state index in [9.17, 15) is 9.59 Å². The predicted octanol–water partition coefficient (Wildman–Crippen LogP) is -1.98. The van der Waals surface area contributed by atoms with Gasteiger partial charge in [0.25, 0.3) is 0 Å². The molecule has 0 fully saturated rings. The molecule has 0 rings (SSSR count). The van der Waals surface area contributed by atoms with Crippen molar-refractivity contribution in [3.63, 3.8) is 0 Å². The first-order chi connectivity index (χ1) is 4.13. The number of carbonyl (C=O) groups is 2. The van der Waals surface area contributed by atoms with Crippen LogP contribution in [0.15, 0.2) is 0 Å². The van der Waals surface area contributed by atoms with Gasteiger partial charge in [0.2, 0.25) is 0 Å². The molecule has 62 valence electrons. The maximum absolute atomic E-state index is 9.79. The predicted molar refractivity (Wildman–Crippen MR) is 40.6 cm³/mol. The summed E-state index contributed by atoms with van der Waals surface area (Å²) in [5.41, 5.74) is 0. The summed E-state index contributed by atoms with van der Waals surface area (Å²) in [5.74, 6) is -1.90. The van der Waals surface area contributed by atoms with Crippen LogP contribution < -0.4 is 29.6 Å². The van der Waals surface area contributed by atoms with Crippen LogP contribution >= 0.6 is 17.0 Å². The molecule has 0 aliphatic carbocycles. The number of carboxylic acids is 2. The summed E-state index contributed by atoms with van der Waals surface area (Å²) in [4.78, 5) is 19.6. The Hall–Kier alpha value is 0.420. The van der Waals surface area contributed by atoms with Gasteiger partial charge in [-0.15, -0.1) is 17.0 Å². The molecule has 0 aliphatic heterocycles. The Balaban J connectivity index is -0.000000107. The Morgan fingerprint density at radius 2 is 1.36 bits per heavy atom. The molecule has 0 aromatic rings. The van der Waals surface area contributed by atoms with Gasteiger partial charge in [-0.1, -0.05) is 0 Å². The number of halogens is 1. The minimum absolute atomic E-state index is 0. The number of rotatable bonds is 4. The van der Waals surface area contributed by atoms with Crippen LogP contribution in [0.4, 0.5) is 0 Å². The molecule has 0 aromatic heterocycles. The molecular weight excluding hydrogens is 227 g/mol. The van der Waals surface area contributed by atoms with Gasteiger partial charge in [-0.2, -0.15) is 0 Å². The van der Waals surface area contributed by atoms with Gasteiger partial charge < -0.3 is 11.6 Å². The minimum Gasteiger partial charge on any atom is -1.00 e. The molecule has 0 aromatic carbocycles. The molecule has 4 nitrogen and oxygen atoms in total. The van der Waals surface area contributed by atoms with Gasteiger partial charge in [0.05, 0.1) is 0 Å². The normalized spacial score (nSPS) is 7.27. The smallest absolute Gasteiger partial charge is 1.00 e. The SMILES string of the molecule is Br.O=C(O)CCCC(=O)O.[H-].[Na+]. The first-order valence-corrected chi connectivity index (χ1v) is 2.56. The van der Waals surface area contributed by atoms with Crippen LogP contribution in [0, 0.1) is 0 Å². The van der Waals surface area contributed by atoms with E-state index in [-0.39, 0.29) is 67.2 Å². The van der Waals surface area contributed by atoms with Crippen molar-refractivity contribution in [2.24, 2.45) is 0 Å². The maximum atomic E-state index is 9.79. The molecular formula is C5H10BrNaO4. The molecule has 0 spiro atoms. The number of aliphatic carboxylic acids is 2. The van der Waals surface area contributed by atoms with E-state index in [4.69, 9.17) is 10.2 Å². The maximum Gasteiger partial charge on any atom is 1.00 e. The first-order valence-electron chi connectivity index (χ1n) is 2.56. The molecule has 0 saturated carbocycles. The fourth-order valence-electron chi connectivity index (χ4n) is 0.391. The van der Waals surface area contributed by atoms with E-state index in [1.54, 1.807) is 0 Å². The molecule has 0 radical (unpaired) electrons. The van der Waals surface area contributed by atoms with E-state index in [1.165, 1.54) is 0 Å². The Bertz CT molecular complexity index is 119. The molecule has 0 aliphatic rings. The summed E-state index contributed by atoms with van der Waals surface area (Å²) in [6.07, 6.45) is 0.0866. The van der Waals surface area contributed by atoms with Crippen molar-refractivity contribution < 1.29 is 50.8 Å². The van der Waals surface area contributed by atoms with Gasteiger partial charge in [0, 0.05) is 12.8 Å². The van der Waals surface area contributed by atoms with Crippen molar-refractivity contribution in [2.75, 3.05) is 0 Å². The quantitative estimate of drug-likeness (QED) is 0.555. The Kier molecular flexibility index (Phi) is 16.6. The van der Waals surface area contributed by atoms with E-state index >= 15 is 0 Å². The second-order valence-electron chi connectivity index (χ2n) is 1.64. The van der Waals surface area contributed by atoms with Crippen molar-refractivity contribution in [2.45, 2.75) is 19.3 Å². The third-order valence-corrected chi connectivity index (χ3v) is 0.781. The van der Waals surface area contributed by atoms with Crippen molar-refractivity contribution in [3.8, 4) is 0 Å². The van der Waals surface area contributed by atoms with Gasteiger partial charge in [-0.3, -0.25) is 9.59 Å². The zero-order valence-electron chi connectivity index (χ0n) is 7.24. The van der Waals surface area contributed by atoms with Crippen LogP contribution in [-0.2, 0) is 9.59 Å². The third-order valence-electron chi connectivity index (χ3n) is 0.781. The van der Waals surface area contributed by atoms with Crippen LogP contribution in [0.5, 0.6) is 0 Å². The van der Waals surface area contributed by atoms with Crippen LogP contribution in [0.3, 0.4) is 0 Å². The van der Waals surface area contributed by atoms with E-state index in [2.05, 4.69) is 0 Å². The Morgan fingerprint density at radius 3 is 1.55 bits per heavy atom. The summed E-state index contributed by atoms with van der Waals surface area (Å²) in [6.45, 7) is 0. The van der Waals surface area contributed by atoms with Gasteiger partial charge in [-0.25, -0.2) is 0 Å². The summed E-state index contributed by atoms with van der Waals surface area (Å²) >= 11 is 0. The molecule has 0 heterocycles. The van der Waals surface area contributed by atoms with E-state index in [0.717, 1.165) is 0 Å². The van der Waals surface area contributed by atoms with Crippen molar-refractivity contribution in [1.82, 2.24) is 0 Å². The van der Waals surface area contributed by atoms with Gasteiger partial charge in [-0.05, 0) is 6.42 Å². The van der Waals surface area contributed by atoms with Crippen molar-refractivity contribution in [1.29, 1.82) is 0 Å². The largest absolute Gasteiger partial charge is 1.00 e. The minimum atomic E-state index is -0.948.